The van der Waals surface area contributed by atoms with E-state index in [-0.39, 0.29) is 31.9 Å². The minimum absolute atomic E-state index is 0.0251. The first-order valence-corrected chi connectivity index (χ1v) is 17.9. The molecule has 0 radical (unpaired) electrons. The van der Waals surface area contributed by atoms with Crippen LogP contribution in [0.5, 0.6) is 17.4 Å². The average Bonchev–Trinajstić information content (AvgIpc) is 3.62. The highest BCUT2D eigenvalue weighted by Crippen LogP contribution is 2.45. The van der Waals surface area contributed by atoms with Crippen LogP contribution >= 0.6 is 0 Å². The van der Waals surface area contributed by atoms with Gasteiger partial charge in [0.25, 0.3) is 0 Å². The SMILES string of the molecule is CCOc1cc2c3cc(c(OC)cc3n1)/C=C/CC(C)(C)COC(=O)N[C@H]1CCCCC/C=C\[C@@H]3C[C@@]3(C(=O)O)NC(=O)[C@@H]3C[C@H](CN3C1=O)O2. The number of carbonyl (C=O) groups excluding carboxylic acids is 3. The molecular formula is C38H48N4O9. The van der Waals surface area contributed by atoms with Gasteiger partial charge in [-0.25, -0.2) is 14.6 Å². The number of aromatic nitrogens is 1. The molecule has 1 aliphatic carbocycles. The summed E-state index contributed by atoms with van der Waals surface area (Å²) in [6.45, 7) is 6.32. The van der Waals surface area contributed by atoms with Crippen LogP contribution in [0.25, 0.3) is 17.0 Å². The maximum atomic E-state index is 14.4. The van der Waals surface area contributed by atoms with Crippen LogP contribution in [0.3, 0.4) is 0 Å². The number of methoxy groups -OCH3 is 1. The fourth-order valence-electron chi connectivity index (χ4n) is 7.18. The van der Waals surface area contributed by atoms with Crippen molar-refractivity contribution >= 4 is 40.9 Å². The molecule has 1 saturated heterocycles. The van der Waals surface area contributed by atoms with E-state index in [4.69, 9.17) is 18.9 Å². The molecule has 1 aromatic heterocycles. The molecule has 0 spiro atoms. The van der Waals surface area contributed by atoms with Crippen LogP contribution in [0.2, 0.25) is 0 Å². The molecular weight excluding hydrogens is 656 g/mol. The molecule has 13 heteroatoms. The second kappa shape index (κ2) is 14.8. The van der Waals surface area contributed by atoms with Gasteiger partial charge in [-0.1, -0.05) is 51.0 Å². The lowest BCUT2D eigenvalue weighted by molar-refractivity contribution is -0.145. The van der Waals surface area contributed by atoms with Gasteiger partial charge in [0.15, 0.2) is 0 Å². The van der Waals surface area contributed by atoms with Crippen LogP contribution in [0.1, 0.15) is 77.7 Å². The second-order valence-corrected chi connectivity index (χ2v) is 14.7. The maximum Gasteiger partial charge on any atom is 0.407 e. The number of carbonyl (C=O) groups is 4. The van der Waals surface area contributed by atoms with Gasteiger partial charge in [-0.2, -0.15) is 0 Å². The van der Waals surface area contributed by atoms with Crippen LogP contribution in [0.4, 0.5) is 4.79 Å². The van der Waals surface area contributed by atoms with Crippen LogP contribution in [0, 0.1) is 11.3 Å². The molecule has 274 valence electrons. The van der Waals surface area contributed by atoms with Gasteiger partial charge in [0.2, 0.25) is 17.7 Å². The van der Waals surface area contributed by atoms with E-state index in [2.05, 4.69) is 15.6 Å². The summed E-state index contributed by atoms with van der Waals surface area (Å²) in [6.07, 6.45) is 10.7. The third kappa shape index (κ3) is 7.92. The Morgan fingerprint density at radius 1 is 1.14 bits per heavy atom. The number of benzene rings is 1. The number of rotatable bonds is 4. The van der Waals surface area contributed by atoms with Gasteiger partial charge in [0.05, 0.1) is 32.4 Å². The molecule has 0 unspecified atom stereocenters. The lowest BCUT2D eigenvalue weighted by Gasteiger charge is -2.30. The lowest BCUT2D eigenvalue weighted by Crippen LogP contribution is -2.56. The van der Waals surface area contributed by atoms with Crippen LogP contribution in [-0.2, 0) is 19.1 Å². The van der Waals surface area contributed by atoms with E-state index in [9.17, 15) is 24.3 Å². The van der Waals surface area contributed by atoms with E-state index in [1.165, 1.54) is 4.90 Å². The number of aliphatic carboxylic acids is 1. The van der Waals surface area contributed by atoms with Gasteiger partial charge >= 0.3 is 12.1 Å². The number of cyclic esters (lactones) is 1. The molecule has 1 saturated carbocycles. The van der Waals surface area contributed by atoms with Crippen molar-refractivity contribution in [1.29, 1.82) is 0 Å². The predicted molar refractivity (Wildman–Crippen MR) is 189 cm³/mol. The molecule has 1 aromatic carbocycles. The molecule has 3 amide bonds. The zero-order valence-electron chi connectivity index (χ0n) is 29.7. The molecule has 3 N–H and O–H groups in total. The Balaban J connectivity index is 1.43. The Morgan fingerprint density at radius 3 is 2.73 bits per heavy atom. The summed E-state index contributed by atoms with van der Waals surface area (Å²) < 4.78 is 23.8. The highest BCUT2D eigenvalue weighted by molar-refractivity contribution is 5.96. The number of carboxylic acid groups (broad SMARTS) is 1. The molecule has 2 aromatic rings. The molecule has 5 atom stereocenters. The van der Waals surface area contributed by atoms with E-state index in [1.54, 1.807) is 13.2 Å². The lowest BCUT2D eigenvalue weighted by atomic mass is 9.90. The molecule has 4 aliphatic rings. The topological polar surface area (TPSA) is 166 Å². The van der Waals surface area contributed by atoms with Crippen molar-refractivity contribution in [2.45, 2.75) is 95.9 Å². The second-order valence-electron chi connectivity index (χ2n) is 14.7. The Hall–Kier alpha value is -4.81. The van der Waals surface area contributed by atoms with Crippen molar-refractivity contribution < 1.29 is 43.2 Å². The summed E-state index contributed by atoms with van der Waals surface area (Å²) in [5, 5.41) is 16.5. The number of nitrogens with one attached hydrogen (secondary N) is 2. The first-order valence-electron chi connectivity index (χ1n) is 17.9. The van der Waals surface area contributed by atoms with E-state index in [0.717, 1.165) is 24.8 Å². The largest absolute Gasteiger partial charge is 0.496 e. The summed E-state index contributed by atoms with van der Waals surface area (Å²) in [6, 6.07) is 3.42. The standard InChI is InChI=1S/C38H48N4O9/c1-5-49-32-19-31-26-16-23(30(48-4)18-28(26)39-32)12-11-15-37(2,3)22-50-36(47)40-27-14-10-8-6-7-9-13-24-20-38(24,35(45)46)41-33(43)29-17-25(51-31)21-42(29)34(27)44/h9,11-13,16,18-19,24-25,27,29H,5-8,10,14-15,17,20-22H2,1-4H3,(H,40,47)(H,41,43)(H,45,46)/b12-11+,13-9-/t24-,25-,27+,29+,38-/m1/s1. The predicted octanol–water partition coefficient (Wildman–Crippen LogP) is 5.01. The number of hydrogen-bond acceptors (Lipinski definition) is 9. The smallest absolute Gasteiger partial charge is 0.407 e. The van der Waals surface area contributed by atoms with Crippen molar-refractivity contribution in [3.05, 3.63) is 42.0 Å². The molecule has 51 heavy (non-hydrogen) atoms. The van der Waals surface area contributed by atoms with E-state index in [1.807, 2.05) is 57.2 Å². The number of hydrogen-bond donors (Lipinski definition) is 3. The Bertz CT molecular complexity index is 1740. The third-order valence-corrected chi connectivity index (χ3v) is 10.2. The average molecular weight is 705 g/mol. The third-order valence-electron chi connectivity index (χ3n) is 10.2. The number of amides is 3. The first-order chi connectivity index (χ1) is 24.4. The van der Waals surface area contributed by atoms with E-state index in [0.29, 0.717) is 54.2 Å². The van der Waals surface area contributed by atoms with Gasteiger partial charge < -0.3 is 39.6 Å². The summed E-state index contributed by atoms with van der Waals surface area (Å²) in [5.74, 6) is -1.11. The normalized spacial score (nSPS) is 29.5. The molecule has 5 bridgehead atoms. The van der Waals surface area contributed by atoms with Gasteiger partial charge in [0, 0.05) is 40.8 Å². The number of alkyl carbamates (subject to hydrolysis) is 1. The van der Waals surface area contributed by atoms with Crippen LogP contribution in [-0.4, -0.2) is 89.5 Å². The molecule has 2 fully saturated rings. The number of carboxylic acids is 1. The molecule has 6 rings (SSSR count). The van der Waals surface area contributed by atoms with Crippen molar-refractivity contribution in [3.63, 3.8) is 0 Å². The Labute approximate surface area is 297 Å². The highest BCUT2D eigenvalue weighted by atomic mass is 16.5. The van der Waals surface area contributed by atoms with Gasteiger partial charge in [0.1, 0.15) is 35.2 Å². The van der Waals surface area contributed by atoms with Gasteiger partial charge in [-0.15, -0.1) is 0 Å². The number of pyridine rings is 1. The number of allylic oxidation sites excluding steroid dienone is 2. The van der Waals surface area contributed by atoms with Gasteiger partial charge in [-0.3, -0.25) is 9.59 Å². The zero-order chi connectivity index (χ0) is 36.3. The zero-order valence-corrected chi connectivity index (χ0v) is 29.7. The minimum atomic E-state index is -1.45. The monoisotopic (exact) mass is 704 g/mol. The quantitative estimate of drug-likeness (QED) is 0.369. The van der Waals surface area contributed by atoms with Crippen molar-refractivity contribution in [1.82, 2.24) is 20.5 Å². The fraction of sp³-hybridized carbons (Fsp3) is 0.553. The Morgan fingerprint density at radius 2 is 1.96 bits per heavy atom. The number of fused-ring (bicyclic) bond motifs is 4. The summed E-state index contributed by atoms with van der Waals surface area (Å²) >= 11 is 0. The summed E-state index contributed by atoms with van der Waals surface area (Å²) in [5.41, 5.74) is -0.524. The summed E-state index contributed by atoms with van der Waals surface area (Å²) in [7, 11) is 1.58. The maximum absolute atomic E-state index is 14.4. The van der Waals surface area contributed by atoms with Crippen molar-refractivity contribution in [2.24, 2.45) is 11.3 Å². The van der Waals surface area contributed by atoms with Crippen LogP contribution < -0.4 is 24.8 Å². The highest BCUT2D eigenvalue weighted by Gasteiger charge is 2.61. The van der Waals surface area contributed by atoms with Gasteiger partial charge in [-0.05, 0) is 45.1 Å². The first kappa shape index (κ1) is 36.0. The Kier molecular flexibility index (Phi) is 10.5. The minimum Gasteiger partial charge on any atom is -0.496 e. The molecule has 3 aliphatic heterocycles. The fourth-order valence-corrected chi connectivity index (χ4v) is 7.18. The van der Waals surface area contributed by atoms with Crippen molar-refractivity contribution in [2.75, 3.05) is 26.9 Å². The molecule has 13 nitrogen and oxygen atoms in total. The van der Waals surface area contributed by atoms with Crippen molar-refractivity contribution in [3.8, 4) is 17.4 Å². The van der Waals surface area contributed by atoms with Crippen LogP contribution in [0.15, 0.2) is 36.4 Å². The number of ether oxygens (including phenoxy) is 4. The molecule has 4 heterocycles. The number of nitrogens with zero attached hydrogens (tertiary/aromatic N) is 2. The van der Waals surface area contributed by atoms with E-state index < -0.39 is 53.0 Å². The summed E-state index contributed by atoms with van der Waals surface area (Å²) in [4.78, 5) is 60.3. The van der Waals surface area contributed by atoms with E-state index >= 15 is 0 Å².